The van der Waals surface area contributed by atoms with Crippen LogP contribution in [0.2, 0.25) is 5.02 Å². The summed E-state index contributed by atoms with van der Waals surface area (Å²) in [6.07, 6.45) is 2.68. The molecule has 2 heterocycles. The van der Waals surface area contributed by atoms with Gasteiger partial charge in [-0.3, -0.25) is 0 Å². The zero-order chi connectivity index (χ0) is 13.2. The smallest absolute Gasteiger partial charge is 0.184 e. The van der Waals surface area contributed by atoms with Crippen molar-refractivity contribution in [3.05, 3.63) is 23.2 Å². The maximum Gasteiger partial charge on any atom is 0.184 e. The Morgan fingerprint density at radius 1 is 1.42 bits per heavy atom. The van der Waals surface area contributed by atoms with Gasteiger partial charge in [-0.2, -0.15) is 0 Å². The van der Waals surface area contributed by atoms with E-state index >= 15 is 0 Å². The first-order valence-corrected chi connectivity index (χ1v) is 7.95. The fourth-order valence-electron chi connectivity index (χ4n) is 2.57. The van der Waals surface area contributed by atoms with E-state index in [2.05, 4.69) is 22.1 Å². The Labute approximate surface area is 122 Å². The first kappa shape index (κ1) is 13.2. The number of fused-ring (bicyclic) bond motifs is 1. The molecule has 102 valence electrons. The molecule has 0 radical (unpaired) electrons. The van der Waals surface area contributed by atoms with E-state index in [0.717, 1.165) is 22.2 Å². The van der Waals surface area contributed by atoms with Gasteiger partial charge >= 0.3 is 0 Å². The van der Waals surface area contributed by atoms with Gasteiger partial charge in [0.05, 0.1) is 10.2 Å². The molecule has 1 atom stereocenters. The highest BCUT2D eigenvalue weighted by Crippen LogP contribution is 2.28. The second kappa shape index (κ2) is 5.65. The van der Waals surface area contributed by atoms with Gasteiger partial charge < -0.3 is 10.2 Å². The van der Waals surface area contributed by atoms with E-state index in [1.54, 1.807) is 11.3 Å². The molecule has 3 rings (SSSR count). The molecule has 0 bridgehead atoms. The number of aromatic nitrogens is 1. The van der Waals surface area contributed by atoms with Crippen molar-refractivity contribution >= 4 is 38.3 Å². The third kappa shape index (κ3) is 3.19. The molecule has 0 aliphatic carbocycles. The highest BCUT2D eigenvalue weighted by atomic mass is 35.5. The normalized spacial score (nSPS) is 18.0. The van der Waals surface area contributed by atoms with Gasteiger partial charge in [0.1, 0.15) is 0 Å². The van der Waals surface area contributed by atoms with Crippen LogP contribution in [0.4, 0.5) is 5.13 Å². The lowest BCUT2D eigenvalue weighted by Gasteiger charge is -2.20. The van der Waals surface area contributed by atoms with Crippen LogP contribution in [0.15, 0.2) is 18.2 Å². The molecule has 0 saturated carbocycles. The largest absolute Gasteiger partial charge is 0.358 e. The molecule has 1 fully saturated rings. The summed E-state index contributed by atoms with van der Waals surface area (Å²) in [5.41, 5.74) is 0.980. The minimum atomic E-state index is 0.425. The van der Waals surface area contributed by atoms with Gasteiger partial charge in [0.25, 0.3) is 0 Å². The second-order valence-corrected chi connectivity index (χ2v) is 6.65. The number of halogens is 1. The van der Waals surface area contributed by atoms with Gasteiger partial charge in [-0.25, -0.2) is 4.98 Å². The minimum Gasteiger partial charge on any atom is -0.358 e. The first-order chi connectivity index (χ1) is 9.20. The zero-order valence-corrected chi connectivity index (χ0v) is 12.6. The molecule has 1 N–H and O–H groups in total. The maximum absolute atomic E-state index is 5.98. The van der Waals surface area contributed by atoms with E-state index in [-0.39, 0.29) is 0 Å². The van der Waals surface area contributed by atoms with Crippen molar-refractivity contribution in [3.8, 4) is 0 Å². The standard InChI is InChI=1S/C14H18ClN3S/c1-10(9-18-6-2-3-7-18)16-14-17-12-8-11(15)4-5-13(12)19-14/h4-5,8,10H,2-3,6-7,9H2,1H3,(H,16,17). The lowest BCUT2D eigenvalue weighted by atomic mass is 10.3. The molecule has 1 aliphatic heterocycles. The number of hydrogen-bond acceptors (Lipinski definition) is 4. The molecule has 5 heteroatoms. The van der Waals surface area contributed by atoms with Crippen LogP contribution in [0.5, 0.6) is 0 Å². The van der Waals surface area contributed by atoms with Crippen LogP contribution in [-0.2, 0) is 0 Å². The SMILES string of the molecule is CC(CN1CCCC1)Nc1nc2cc(Cl)ccc2s1. The highest BCUT2D eigenvalue weighted by Gasteiger charge is 2.15. The van der Waals surface area contributed by atoms with Crippen LogP contribution in [-0.4, -0.2) is 35.6 Å². The van der Waals surface area contributed by atoms with Crippen molar-refractivity contribution in [3.63, 3.8) is 0 Å². The highest BCUT2D eigenvalue weighted by molar-refractivity contribution is 7.22. The van der Waals surface area contributed by atoms with Gasteiger partial charge in [-0.15, -0.1) is 0 Å². The summed E-state index contributed by atoms with van der Waals surface area (Å²) < 4.78 is 1.18. The molecule has 1 unspecified atom stereocenters. The first-order valence-electron chi connectivity index (χ1n) is 6.76. The third-order valence-electron chi connectivity index (χ3n) is 3.45. The summed E-state index contributed by atoms with van der Waals surface area (Å²) in [6, 6.07) is 6.30. The third-order valence-corrected chi connectivity index (χ3v) is 4.65. The number of anilines is 1. The van der Waals surface area contributed by atoms with Crippen LogP contribution < -0.4 is 5.32 Å². The number of nitrogens with one attached hydrogen (secondary N) is 1. The number of thiazole rings is 1. The second-order valence-electron chi connectivity index (χ2n) is 5.18. The number of benzene rings is 1. The summed E-state index contributed by atoms with van der Waals surface area (Å²) in [7, 11) is 0. The molecule has 19 heavy (non-hydrogen) atoms. The topological polar surface area (TPSA) is 28.2 Å². The fraction of sp³-hybridized carbons (Fsp3) is 0.500. The monoisotopic (exact) mass is 295 g/mol. The predicted octanol–water partition coefficient (Wildman–Crippen LogP) is 3.85. The molecule has 1 saturated heterocycles. The van der Waals surface area contributed by atoms with Gasteiger partial charge in [0.15, 0.2) is 5.13 Å². The van der Waals surface area contributed by atoms with E-state index < -0.39 is 0 Å². The molecule has 1 aliphatic rings. The Balaban J connectivity index is 1.66. The number of nitrogens with zero attached hydrogens (tertiary/aromatic N) is 2. The van der Waals surface area contributed by atoms with Crippen molar-refractivity contribution in [1.29, 1.82) is 0 Å². The number of hydrogen-bond donors (Lipinski definition) is 1. The van der Waals surface area contributed by atoms with Crippen molar-refractivity contribution in [1.82, 2.24) is 9.88 Å². The van der Waals surface area contributed by atoms with Crippen LogP contribution in [0, 0.1) is 0 Å². The summed E-state index contributed by atoms with van der Waals surface area (Å²) >= 11 is 7.68. The zero-order valence-electron chi connectivity index (χ0n) is 11.0. The Bertz CT molecular complexity index is 563. The molecular formula is C14H18ClN3S. The van der Waals surface area contributed by atoms with E-state index in [1.165, 1.54) is 30.6 Å². The van der Waals surface area contributed by atoms with Crippen molar-refractivity contribution in [2.75, 3.05) is 25.0 Å². The van der Waals surface area contributed by atoms with Crippen molar-refractivity contribution in [2.45, 2.75) is 25.8 Å². The number of likely N-dealkylation sites (tertiary alicyclic amines) is 1. The van der Waals surface area contributed by atoms with E-state index in [9.17, 15) is 0 Å². The fourth-order valence-corrected chi connectivity index (χ4v) is 3.70. The van der Waals surface area contributed by atoms with Crippen LogP contribution in [0.25, 0.3) is 10.2 Å². The van der Waals surface area contributed by atoms with E-state index in [1.807, 2.05) is 18.2 Å². The average molecular weight is 296 g/mol. The average Bonchev–Trinajstić information content (AvgIpc) is 2.97. The van der Waals surface area contributed by atoms with Gasteiger partial charge in [0.2, 0.25) is 0 Å². The summed E-state index contributed by atoms with van der Waals surface area (Å²) in [5, 5.41) is 5.23. The van der Waals surface area contributed by atoms with Crippen LogP contribution in [0.3, 0.4) is 0 Å². The maximum atomic E-state index is 5.98. The molecule has 1 aromatic carbocycles. The van der Waals surface area contributed by atoms with Gasteiger partial charge in [-0.05, 0) is 51.1 Å². The lowest BCUT2D eigenvalue weighted by molar-refractivity contribution is 0.328. The van der Waals surface area contributed by atoms with Gasteiger partial charge in [-0.1, -0.05) is 22.9 Å². The lowest BCUT2D eigenvalue weighted by Crippen LogP contribution is -2.32. The van der Waals surface area contributed by atoms with Crippen LogP contribution >= 0.6 is 22.9 Å². The minimum absolute atomic E-state index is 0.425. The summed E-state index contributed by atoms with van der Waals surface area (Å²) in [4.78, 5) is 7.11. The molecule has 3 nitrogen and oxygen atoms in total. The molecular weight excluding hydrogens is 278 g/mol. The number of rotatable bonds is 4. The Morgan fingerprint density at radius 2 is 2.21 bits per heavy atom. The molecule has 2 aromatic rings. The van der Waals surface area contributed by atoms with Gasteiger partial charge in [0, 0.05) is 17.6 Å². The van der Waals surface area contributed by atoms with E-state index in [0.29, 0.717) is 6.04 Å². The Morgan fingerprint density at radius 3 is 3.00 bits per heavy atom. The summed E-state index contributed by atoms with van der Waals surface area (Å²) in [6.45, 7) is 5.79. The molecule has 0 amide bonds. The molecule has 1 aromatic heterocycles. The van der Waals surface area contributed by atoms with Crippen molar-refractivity contribution in [2.24, 2.45) is 0 Å². The van der Waals surface area contributed by atoms with E-state index in [4.69, 9.17) is 11.6 Å². The Hall–Kier alpha value is -0.840. The molecule has 0 spiro atoms. The predicted molar refractivity (Wildman–Crippen MR) is 83.4 cm³/mol. The Kier molecular flexibility index (Phi) is 3.91. The van der Waals surface area contributed by atoms with Crippen LogP contribution in [0.1, 0.15) is 19.8 Å². The summed E-state index contributed by atoms with van der Waals surface area (Å²) in [5.74, 6) is 0. The quantitative estimate of drug-likeness (QED) is 0.929. The van der Waals surface area contributed by atoms with Crippen molar-refractivity contribution < 1.29 is 0 Å².